The maximum absolute atomic E-state index is 12.3. The number of nitrogens with one attached hydrogen (secondary N) is 1. The second-order valence-electron chi connectivity index (χ2n) is 5.92. The van der Waals surface area contributed by atoms with E-state index in [1.165, 1.54) is 0 Å². The highest BCUT2D eigenvalue weighted by Gasteiger charge is 2.53. The van der Waals surface area contributed by atoms with Crippen molar-refractivity contribution in [1.29, 1.82) is 0 Å². The van der Waals surface area contributed by atoms with Crippen molar-refractivity contribution in [2.75, 3.05) is 0 Å². The first-order valence-electron chi connectivity index (χ1n) is 7.05. The third-order valence-electron chi connectivity index (χ3n) is 4.72. The van der Waals surface area contributed by atoms with E-state index in [-0.39, 0.29) is 23.7 Å². The van der Waals surface area contributed by atoms with E-state index in [0.717, 1.165) is 25.0 Å². The van der Waals surface area contributed by atoms with Gasteiger partial charge in [0.1, 0.15) is 0 Å². The number of hydrogen-bond acceptors (Lipinski definition) is 3. The number of fused-ring (bicyclic) bond motifs is 2. The molecule has 2 bridgehead atoms. The molecule has 1 heterocycles. The smallest absolute Gasteiger partial charge is 0.307 e. The largest absolute Gasteiger partial charge is 0.481 e. The summed E-state index contributed by atoms with van der Waals surface area (Å²) in [7, 11) is 1.82. The van der Waals surface area contributed by atoms with Crippen LogP contribution in [0.2, 0.25) is 0 Å². The maximum Gasteiger partial charge on any atom is 0.307 e. The number of aryl methyl sites for hydroxylation is 1. The lowest BCUT2D eigenvalue weighted by Gasteiger charge is -2.26. The van der Waals surface area contributed by atoms with Crippen molar-refractivity contribution < 1.29 is 14.7 Å². The van der Waals surface area contributed by atoms with Crippen LogP contribution in [-0.2, 0) is 23.2 Å². The number of hydrogen-bond donors (Lipinski definition) is 2. The molecule has 2 aliphatic rings. The average molecular weight is 277 g/mol. The van der Waals surface area contributed by atoms with Gasteiger partial charge in [-0.15, -0.1) is 0 Å². The molecule has 108 valence electrons. The normalized spacial score (nSPS) is 31.4. The first kappa shape index (κ1) is 13.1. The number of aromatic nitrogens is 2. The third kappa shape index (κ3) is 2.19. The molecule has 1 amide bonds. The second-order valence-corrected chi connectivity index (χ2v) is 5.92. The fourth-order valence-corrected chi connectivity index (χ4v) is 3.88. The van der Waals surface area contributed by atoms with Crippen molar-refractivity contribution >= 4 is 11.9 Å². The van der Waals surface area contributed by atoms with Gasteiger partial charge in [-0.3, -0.25) is 14.3 Å². The van der Waals surface area contributed by atoms with Crippen LogP contribution in [0.3, 0.4) is 0 Å². The molecule has 0 spiro atoms. The molecule has 6 nitrogen and oxygen atoms in total. The Morgan fingerprint density at radius 2 is 2.10 bits per heavy atom. The molecule has 1 aromatic heterocycles. The average Bonchev–Trinajstić information content (AvgIpc) is 3.10. The minimum absolute atomic E-state index is 0.129. The molecule has 4 unspecified atom stereocenters. The molecule has 0 radical (unpaired) electrons. The van der Waals surface area contributed by atoms with Gasteiger partial charge in [-0.2, -0.15) is 5.10 Å². The van der Waals surface area contributed by atoms with Gasteiger partial charge in [0.25, 0.3) is 0 Å². The minimum atomic E-state index is -0.824. The maximum atomic E-state index is 12.3. The van der Waals surface area contributed by atoms with Gasteiger partial charge < -0.3 is 10.4 Å². The van der Waals surface area contributed by atoms with Gasteiger partial charge in [-0.1, -0.05) is 0 Å². The van der Waals surface area contributed by atoms with Crippen LogP contribution >= 0.6 is 0 Å². The molecule has 2 aliphatic carbocycles. The van der Waals surface area contributed by atoms with Crippen LogP contribution in [0.15, 0.2) is 12.3 Å². The summed E-state index contributed by atoms with van der Waals surface area (Å²) in [6.45, 7) is 0.361. The van der Waals surface area contributed by atoms with E-state index < -0.39 is 11.9 Å². The van der Waals surface area contributed by atoms with Crippen LogP contribution < -0.4 is 5.32 Å². The number of nitrogens with zero attached hydrogens (tertiary/aromatic N) is 2. The van der Waals surface area contributed by atoms with Gasteiger partial charge in [0, 0.05) is 13.2 Å². The van der Waals surface area contributed by atoms with Crippen LogP contribution in [0.5, 0.6) is 0 Å². The molecule has 0 saturated heterocycles. The zero-order valence-corrected chi connectivity index (χ0v) is 11.5. The van der Waals surface area contributed by atoms with Crippen LogP contribution in [0.4, 0.5) is 0 Å². The third-order valence-corrected chi connectivity index (χ3v) is 4.72. The monoisotopic (exact) mass is 277 g/mol. The Bertz CT molecular complexity index is 540. The molecule has 3 rings (SSSR count). The summed E-state index contributed by atoms with van der Waals surface area (Å²) in [4.78, 5) is 23.7. The Morgan fingerprint density at radius 1 is 1.40 bits per heavy atom. The van der Waals surface area contributed by atoms with Crippen LogP contribution in [0.1, 0.15) is 25.0 Å². The molecule has 2 N–H and O–H groups in total. The van der Waals surface area contributed by atoms with Crippen LogP contribution in [0.25, 0.3) is 0 Å². The van der Waals surface area contributed by atoms with Crippen molar-refractivity contribution in [3.05, 3.63) is 18.0 Å². The highest BCUT2D eigenvalue weighted by molar-refractivity contribution is 5.86. The number of carbonyl (C=O) groups is 2. The Kier molecular flexibility index (Phi) is 3.23. The van der Waals surface area contributed by atoms with E-state index >= 15 is 0 Å². The Balaban J connectivity index is 1.65. The molecule has 1 aromatic rings. The van der Waals surface area contributed by atoms with E-state index in [1.807, 2.05) is 19.3 Å². The van der Waals surface area contributed by atoms with E-state index in [4.69, 9.17) is 0 Å². The number of rotatable bonds is 4. The standard InChI is InChI=1S/C14H19N3O3/c1-17-5-4-10(16-17)7-15-13(18)11-8-2-3-9(6-8)12(11)14(19)20/h4-5,8-9,11-12H,2-3,6-7H2,1H3,(H,15,18)(H,19,20). The van der Waals surface area contributed by atoms with Crippen molar-refractivity contribution in [2.45, 2.75) is 25.8 Å². The molecule has 0 aliphatic heterocycles. The summed E-state index contributed by atoms with van der Waals surface area (Å²) in [5.74, 6) is -1.40. The summed E-state index contributed by atoms with van der Waals surface area (Å²) in [5, 5.41) is 16.4. The molecule has 20 heavy (non-hydrogen) atoms. The predicted molar refractivity (Wildman–Crippen MR) is 70.5 cm³/mol. The summed E-state index contributed by atoms with van der Waals surface area (Å²) in [6.07, 6.45) is 4.64. The van der Waals surface area contributed by atoms with Crippen molar-refractivity contribution in [3.63, 3.8) is 0 Å². The highest BCUT2D eigenvalue weighted by atomic mass is 16.4. The summed E-state index contributed by atoms with van der Waals surface area (Å²) in [5.41, 5.74) is 0.788. The molecular weight excluding hydrogens is 258 g/mol. The Morgan fingerprint density at radius 3 is 2.70 bits per heavy atom. The van der Waals surface area contributed by atoms with E-state index in [0.29, 0.717) is 6.54 Å². The Labute approximate surface area is 117 Å². The summed E-state index contributed by atoms with van der Waals surface area (Å²) < 4.78 is 1.68. The topological polar surface area (TPSA) is 84.2 Å². The number of carboxylic acids is 1. The highest BCUT2D eigenvalue weighted by Crippen LogP contribution is 2.52. The second kappa shape index (κ2) is 4.92. The summed E-state index contributed by atoms with van der Waals surface area (Å²) in [6, 6.07) is 1.84. The summed E-state index contributed by atoms with van der Waals surface area (Å²) >= 11 is 0. The number of carboxylic acid groups (broad SMARTS) is 1. The van der Waals surface area contributed by atoms with Crippen molar-refractivity contribution in [1.82, 2.24) is 15.1 Å². The minimum Gasteiger partial charge on any atom is -0.481 e. The van der Waals surface area contributed by atoms with Gasteiger partial charge in [0.15, 0.2) is 0 Å². The van der Waals surface area contributed by atoms with Crippen molar-refractivity contribution in [3.8, 4) is 0 Å². The number of amides is 1. The van der Waals surface area contributed by atoms with Crippen molar-refractivity contribution in [2.24, 2.45) is 30.7 Å². The number of carbonyl (C=O) groups excluding carboxylic acids is 1. The molecule has 6 heteroatoms. The Hall–Kier alpha value is -1.85. The SMILES string of the molecule is Cn1ccc(CNC(=O)C2C3CCC(C3)C2C(=O)O)n1. The zero-order valence-electron chi connectivity index (χ0n) is 11.5. The number of aliphatic carboxylic acids is 1. The fourth-order valence-electron chi connectivity index (χ4n) is 3.88. The molecule has 2 fully saturated rings. The lowest BCUT2D eigenvalue weighted by atomic mass is 9.79. The van der Waals surface area contributed by atoms with Gasteiger partial charge in [-0.25, -0.2) is 0 Å². The lowest BCUT2D eigenvalue weighted by Crippen LogP contribution is -2.41. The first-order chi connectivity index (χ1) is 9.56. The van der Waals surface area contributed by atoms with Gasteiger partial charge in [-0.05, 0) is 37.2 Å². The fraction of sp³-hybridized carbons (Fsp3) is 0.643. The first-order valence-corrected chi connectivity index (χ1v) is 7.05. The molecule has 4 atom stereocenters. The zero-order chi connectivity index (χ0) is 14.3. The van der Waals surface area contributed by atoms with E-state index in [1.54, 1.807) is 4.68 Å². The van der Waals surface area contributed by atoms with Gasteiger partial charge in [0.05, 0.1) is 24.1 Å². The predicted octanol–water partition coefficient (Wildman–Crippen LogP) is 0.783. The lowest BCUT2D eigenvalue weighted by molar-refractivity contribution is -0.149. The van der Waals surface area contributed by atoms with Crippen LogP contribution in [-0.4, -0.2) is 26.8 Å². The van der Waals surface area contributed by atoms with E-state index in [9.17, 15) is 14.7 Å². The molecule has 0 aromatic carbocycles. The molecular formula is C14H19N3O3. The van der Waals surface area contributed by atoms with Crippen LogP contribution in [0, 0.1) is 23.7 Å². The molecule has 2 saturated carbocycles. The van der Waals surface area contributed by atoms with Gasteiger partial charge in [0.2, 0.25) is 5.91 Å². The van der Waals surface area contributed by atoms with Gasteiger partial charge >= 0.3 is 5.97 Å². The van der Waals surface area contributed by atoms with E-state index in [2.05, 4.69) is 10.4 Å². The quantitative estimate of drug-likeness (QED) is 0.852.